The van der Waals surface area contributed by atoms with Crippen LogP contribution in [0.3, 0.4) is 0 Å². The second kappa shape index (κ2) is 10.2. The zero-order chi connectivity index (χ0) is 25.2. The highest BCUT2D eigenvalue weighted by atomic mass is 35.5. The molecule has 1 atom stereocenters. The van der Waals surface area contributed by atoms with E-state index in [1.54, 1.807) is 24.4 Å². The number of nitrogens with two attached hydrogens (primary N) is 1. The van der Waals surface area contributed by atoms with E-state index in [-0.39, 0.29) is 6.54 Å². The van der Waals surface area contributed by atoms with Gasteiger partial charge in [-0.3, -0.25) is 4.79 Å². The van der Waals surface area contributed by atoms with Gasteiger partial charge in [-0.2, -0.15) is 4.98 Å². The van der Waals surface area contributed by atoms with Crippen molar-refractivity contribution in [2.45, 2.75) is 25.9 Å². The topological polar surface area (TPSA) is 111 Å². The molecule has 0 bridgehead atoms. The summed E-state index contributed by atoms with van der Waals surface area (Å²) >= 11 is 6.53. The van der Waals surface area contributed by atoms with Crippen LogP contribution in [0, 0.1) is 17.6 Å². The van der Waals surface area contributed by atoms with Crippen LogP contribution in [0.15, 0.2) is 42.6 Å². The number of fused-ring (bicyclic) bond motifs is 1. The molecule has 8 nitrogen and oxygen atoms in total. The predicted molar refractivity (Wildman–Crippen MR) is 134 cm³/mol. The Labute approximate surface area is 210 Å². The molecule has 0 aliphatic carbocycles. The zero-order valence-electron chi connectivity index (χ0n) is 19.3. The van der Waals surface area contributed by atoms with E-state index in [0.29, 0.717) is 57.1 Å². The highest BCUT2D eigenvalue weighted by Crippen LogP contribution is 2.32. The molecular formula is C25H24ClF2N7O. The van der Waals surface area contributed by atoms with Crippen LogP contribution in [0.5, 0.6) is 0 Å². The highest BCUT2D eigenvalue weighted by molar-refractivity contribution is 6.33. The van der Waals surface area contributed by atoms with Crippen molar-refractivity contribution in [1.29, 1.82) is 0 Å². The van der Waals surface area contributed by atoms with E-state index in [1.165, 1.54) is 6.07 Å². The number of benzene rings is 2. The maximum Gasteiger partial charge on any atom is 0.248 e. The molecule has 0 saturated carbocycles. The number of imidazole rings is 1. The van der Waals surface area contributed by atoms with Crippen molar-refractivity contribution in [2.24, 2.45) is 11.7 Å². The van der Waals surface area contributed by atoms with E-state index in [4.69, 9.17) is 22.3 Å². The molecular weight excluding hydrogens is 488 g/mol. The van der Waals surface area contributed by atoms with E-state index in [2.05, 4.69) is 20.6 Å². The summed E-state index contributed by atoms with van der Waals surface area (Å²) in [5.41, 5.74) is 8.11. The Morgan fingerprint density at radius 1 is 1.19 bits per heavy atom. The molecule has 1 saturated heterocycles. The smallest absolute Gasteiger partial charge is 0.248 e. The van der Waals surface area contributed by atoms with E-state index >= 15 is 0 Å². The number of nitrogens with zero attached hydrogens (tertiary/aromatic N) is 4. The van der Waals surface area contributed by atoms with E-state index in [1.807, 2.05) is 4.57 Å². The molecule has 1 aliphatic rings. The zero-order valence-corrected chi connectivity index (χ0v) is 20.0. The lowest BCUT2D eigenvalue weighted by Crippen LogP contribution is -2.32. The number of carbonyl (C=O) groups excluding carboxylic acids is 1. The number of anilines is 1. The van der Waals surface area contributed by atoms with E-state index < -0.39 is 17.5 Å². The Balaban J connectivity index is 1.54. The summed E-state index contributed by atoms with van der Waals surface area (Å²) in [6.07, 6.45) is 3.72. The summed E-state index contributed by atoms with van der Waals surface area (Å²) in [4.78, 5) is 25.6. The fourth-order valence-corrected chi connectivity index (χ4v) is 4.60. The van der Waals surface area contributed by atoms with Gasteiger partial charge in [0.1, 0.15) is 11.3 Å². The Morgan fingerprint density at radius 3 is 2.81 bits per heavy atom. The van der Waals surface area contributed by atoms with Crippen molar-refractivity contribution in [1.82, 2.24) is 24.8 Å². The predicted octanol–water partition coefficient (Wildman–Crippen LogP) is 4.14. The van der Waals surface area contributed by atoms with Crippen molar-refractivity contribution < 1.29 is 13.6 Å². The van der Waals surface area contributed by atoms with Crippen LogP contribution in [0.25, 0.3) is 22.6 Å². The minimum Gasteiger partial charge on any atom is -0.366 e. The largest absolute Gasteiger partial charge is 0.366 e. The lowest BCUT2D eigenvalue weighted by atomic mass is 9.99. The van der Waals surface area contributed by atoms with Crippen LogP contribution < -0.4 is 16.4 Å². The molecule has 0 spiro atoms. The third-order valence-corrected chi connectivity index (χ3v) is 6.58. The quantitative estimate of drug-likeness (QED) is 0.344. The number of rotatable bonds is 7. The number of hydrogen-bond acceptors (Lipinski definition) is 6. The number of halogens is 3. The van der Waals surface area contributed by atoms with Crippen molar-refractivity contribution in [2.75, 3.05) is 18.4 Å². The molecule has 1 fully saturated rings. The summed E-state index contributed by atoms with van der Waals surface area (Å²) in [5.74, 6) is -1.14. The number of piperidine rings is 1. The van der Waals surface area contributed by atoms with Gasteiger partial charge in [-0.05, 0) is 67.7 Å². The van der Waals surface area contributed by atoms with Crippen molar-refractivity contribution in [3.8, 4) is 11.4 Å². The van der Waals surface area contributed by atoms with Crippen LogP contribution in [0.4, 0.5) is 14.7 Å². The standard InChI is InChI=1S/C25H24ClF2N7O/c26-18-5-4-16(22(29)36)9-17(18)23-33-21-12-32-25(31-11-14-3-6-19(27)20(28)8-14)34-24(21)35(23)13-15-2-1-7-30-10-15/h3-6,8-9,12,15,30H,1-2,7,10-11,13H2,(H2,29,36)(H,31,32,34)/t15-/m1/s1. The first-order valence-electron chi connectivity index (χ1n) is 11.6. The summed E-state index contributed by atoms with van der Waals surface area (Å²) < 4.78 is 28.8. The molecule has 0 unspecified atom stereocenters. The molecule has 0 radical (unpaired) electrons. The van der Waals surface area contributed by atoms with Crippen molar-refractivity contribution in [3.05, 3.63) is 70.4 Å². The summed E-state index contributed by atoms with van der Waals surface area (Å²) in [5, 5.41) is 6.92. The van der Waals surface area contributed by atoms with Gasteiger partial charge in [-0.1, -0.05) is 17.7 Å². The molecule has 5 rings (SSSR count). The molecule has 4 N–H and O–H groups in total. The normalized spacial score (nSPS) is 15.8. The van der Waals surface area contributed by atoms with E-state index in [0.717, 1.165) is 38.1 Å². The second-order valence-corrected chi connectivity index (χ2v) is 9.23. The van der Waals surface area contributed by atoms with Gasteiger partial charge < -0.3 is 20.9 Å². The lowest BCUT2D eigenvalue weighted by Gasteiger charge is -2.24. The molecule has 1 amide bonds. The molecule has 3 heterocycles. The number of aromatic nitrogens is 4. The number of carbonyl (C=O) groups is 1. The van der Waals surface area contributed by atoms with Gasteiger partial charge in [0.25, 0.3) is 0 Å². The van der Waals surface area contributed by atoms with Crippen LogP contribution >= 0.6 is 11.6 Å². The fraction of sp³-hybridized carbons (Fsp3) is 0.280. The Kier molecular flexibility index (Phi) is 6.80. The number of nitrogens with one attached hydrogen (secondary N) is 2. The molecule has 2 aromatic heterocycles. The lowest BCUT2D eigenvalue weighted by molar-refractivity contribution is 0.100. The molecule has 186 valence electrons. The highest BCUT2D eigenvalue weighted by Gasteiger charge is 2.22. The molecule has 1 aliphatic heterocycles. The SMILES string of the molecule is NC(=O)c1ccc(Cl)c(-c2nc3cnc(NCc4ccc(F)c(F)c4)nc3n2C[C@@H]2CCCNC2)c1. The fourth-order valence-electron chi connectivity index (χ4n) is 4.40. The van der Waals surface area contributed by atoms with Gasteiger partial charge in [0.2, 0.25) is 11.9 Å². The van der Waals surface area contributed by atoms with Gasteiger partial charge in [0.05, 0.1) is 11.2 Å². The molecule has 11 heteroatoms. The van der Waals surface area contributed by atoms with Gasteiger partial charge in [0.15, 0.2) is 17.3 Å². The third-order valence-electron chi connectivity index (χ3n) is 6.25. The van der Waals surface area contributed by atoms with Gasteiger partial charge in [0, 0.05) is 24.2 Å². The van der Waals surface area contributed by atoms with Crippen LogP contribution in [0.2, 0.25) is 5.02 Å². The second-order valence-electron chi connectivity index (χ2n) is 8.82. The number of primary amides is 1. The molecule has 36 heavy (non-hydrogen) atoms. The molecule has 4 aromatic rings. The monoisotopic (exact) mass is 511 g/mol. The van der Waals surface area contributed by atoms with E-state index in [9.17, 15) is 13.6 Å². The Hall–Kier alpha value is -3.63. The minimum atomic E-state index is -0.912. The summed E-state index contributed by atoms with van der Waals surface area (Å²) in [6.45, 7) is 2.69. The average molecular weight is 512 g/mol. The number of hydrogen-bond donors (Lipinski definition) is 3. The summed E-state index contributed by atoms with van der Waals surface area (Å²) in [7, 11) is 0. The van der Waals surface area contributed by atoms with Gasteiger partial charge in [-0.15, -0.1) is 0 Å². The van der Waals surface area contributed by atoms with Gasteiger partial charge in [-0.25, -0.2) is 18.7 Å². The maximum atomic E-state index is 13.6. The summed E-state index contributed by atoms with van der Waals surface area (Å²) in [6, 6.07) is 8.55. The van der Waals surface area contributed by atoms with Gasteiger partial charge >= 0.3 is 0 Å². The number of amides is 1. The minimum absolute atomic E-state index is 0.211. The first-order valence-corrected chi connectivity index (χ1v) is 12.0. The first kappa shape index (κ1) is 24.1. The van der Waals surface area contributed by atoms with Crippen molar-refractivity contribution >= 4 is 34.6 Å². The van der Waals surface area contributed by atoms with Crippen molar-refractivity contribution in [3.63, 3.8) is 0 Å². The first-order chi connectivity index (χ1) is 17.4. The van der Waals surface area contributed by atoms with Crippen LogP contribution in [-0.2, 0) is 13.1 Å². The average Bonchev–Trinajstić information content (AvgIpc) is 3.22. The Morgan fingerprint density at radius 2 is 2.06 bits per heavy atom. The van der Waals surface area contributed by atoms with Crippen LogP contribution in [0.1, 0.15) is 28.8 Å². The molecule has 2 aromatic carbocycles. The third kappa shape index (κ3) is 5.00. The van der Waals surface area contributed by atoms with Crippen LogP contribution in [-0.4, -0.2) is 38.5 Å². The Bertz CT molecular complexity index is 1440. The maximum absolute atomic E-state index is 13.6.